The molecule has 1 amide bonds. The number of benzene rings is 3. The zero-order valence-electron chi connectivity index (χ0n) is 16.4. The number of amides is 1. The first kappa shape index (κ1) is 20.8. The van der Waals surface area contributed by atoms with E-state index in [0.717, 1.165) is 16.7 Å². The topological polar surface area (TPSA) is 66.5 Å². The Morgan fingerprint density at radius 2 is 1.57 bits per heavy atom. The van der Waals surface area contributed by atoms with Crippen LogP contribution in [0.4, 0.5) is 5.69 Å². The number of anilines is 1. The largest absolute Gasteiger partial charge is 0.312 e. The fourth-order valence-corrected chi connectivity index (χ4v) is 6.08. The molecule has 0 spiro atoms. The lowest BCUT2D eigenvalue weighted by atomic mass is 10.00. The summed E-state index contributed by atoms with van der Waals surface area (Å²) in [7, 11) is -3.89. The van der Waals surface area contributed by atoms with Crippen LogP contribution in [0.15, 0.2) is 82.2 Å². The molecule has 0 aromatic heterocycles. The Morgan fingerprint density at radius 1 is 1.00 bits per heavy atom. The number of sulfonamides is 1. The summed E-state index contributed by atoms with van der Waals surface area (Å²) in [6.07, 6.45) is 0.706. The van der Waals surface area contributed by atoms with Crippen molar-refractivity contribution in [3.63, 3.8) is 0 Å². The maximum absolute atomic E-state index is 13.4. The van der Waals surface area contributed by atoms with Crippen LogP contribution in [-0.4, -0.2) is 20.9 Å². The van der Waals surface area contributed by atoms with Crippen LogP contribution in [0, 0.1) is 0 Å². The SMILES string of the molecule is CC(=O)N1CCc2cc(Br)c(S(=O)(=O)NC(c3ccccc3)c3ccccc3)cc21. The number of nitrogens with one attached hydrogen (secondary N) is 1. The van der Waals surface area contributed by atoms with Gasteiger partial charge in [-0.05, 0) is 51.2 Å². The second-order valence-corrected chi connectivity index (χ2v) is 9.74. The lowest BCUT2D eigenvalue weighted by Crippen LogP contribution is -2.30. The van der Waals surface area contributed by atoms with E-state index in [2.05, 4.69) is 20.7 Å². The smallest absolute Gasteiger partial charge is 0.242 e. The lowest BCUT2D eigenvalue weighted by Gasteiger charge is -2.21. The van der Waals surface area contributed by atoms with Crippen LogP contribution in [0.25, 0.3) is 0 Å². The Hall–Kier alpha value is -2.48. The zero-order chi connectivity index (χ0) is 21.3. The normalized spacial score (nSPS) is 13.5. The molecule has 154 valence electrons. The molecule has 0 radical (unpaired) electrons. The molecule has 0 saturated carbocycles. The van der Waals surface area contributed by atoms with E-state index in [0.29, 0.717) is 23.1 Å². The first-order valence-electron chi connectivity index (χ1n) is 9.59. The van der Waals surface area contributed by atoms with Crippen molar-refractivity contribution in [2.75, 3.05) is 11.4 Å². The van der Waals surface area contributed by atoms with E-state index >= 15 is 0 Å². The van der Waals surface area contributed by atoms with Crippen LogP contribution in [0.5, 0.6) is 0 Å². The summed E-state index contributed by atoms with van der Waals surface area (Å²) in [4.78, 5) is 13.7. The molecule has 0 atom stereocenters. The number of hydrogen-bond donors (Lipinski definition) is 1. The van der Waals surface area contributed by atoms with Crippen molar-refractivity contribution in [2.24, 2.45) is 0 Å². The molecule has 1 aliphatic heterocycles. The Kier molecular flexibility index (Phi) is 5.77. The minimum atomic E-state index is -3.89. The van der Waals surface area contributed by atoms with E-state index in [4.69, 9.17) is 0 Å². The third-order valence-electron chi connectivity index (χ3n) is 5.24. The van der Waals surface area contributed by atoms with Gasteiger partial charge >= 0.3 is 0 Å². The molecule has 3 aromatic carbocycles. The molecule has 1 heterocycles. The quantitative estimate of drug-likeness (QED) is 0.582. The third kappa shape index (κ3) is 4.05. The number of hydrogen-bond acceptors (Lipinski definition) is 3. The van der Waals surface area contributed by atoms with Gasteiger partial charge in [-0.3, -0.25) is 4.79 Å². The summed E-state index contributed by atoms with van der Waals surface area (Å²) >= 11 is 3.42. The summed E-state index contributed by atoms with van der Waals surface area (Å²) in [5, 5.41) is 0. The number of nitrogens with zero attached hydrogens (tertiary/aromatic N) is 1. The van der Waals surface area contributed by atoms with Gasteiger partial charge in [-0.25, -0.2) is 8.42 Å². The lowest BCUT2D eigenvalue weighted by molar-refractivity contribution is -0.116. The van der Waals surface area contributed by atoms with Crippen molar-refractivity contribution in [2.45, 2.75) is 24.3 Å². The van der Waals surface area contributed by atoms with Gasteiger partial charge in [0.2, 0.25) is 15.9 Å². The first-order chi connectivity index (χ1) is 14.4. The molecule has 5 nitrogen and oxygen atoms in total. The number of carbonyl (C=O) groups is 1. The second-order valence-electron chi connectivity index (χ2n) is 7.21. The number of halogens is 1. The van der Waals surface area contributed by atoms with E-state index in [9.17, 15) is 13.2 Å². The summed E-state index contributed by atoms with van der Waals surface area (Å²) < 4.78 is 30.2. The zero-order valence-corrected chi connectivity index (χ0v) is 18.8. The summed E-state index contributed by atoms with van der Waals surface area (Å²) in [5.74, 6) is -0.0983. The average Bonchev–Trinajstić information content (AvgIpc) is 3.16. The second kappa shape index (κ2) is 8.34. The van der Waals surface area contributed by atoms with E-state index in [-0.39, 0.29) is 10.8 Å². The van der Waals surface area contributed by atoms with Crippen molar-refractivity contribution in [1.29, 1.82) is 0 Å². The van der Waals surface area contributed by atoms with E-state index in [1.807, 2.05) is 60.7 Å². The van der Waals surface area contributed by atoms with Crippen LogP contribution in [0.1, 0.15) is 29.7 Å². The minimum Gasteiger partial charge on any atom is -0.312 e. The molecule has 7 heteroatoms. The Labute approximate surface area is 184 Å². The highest BCUT2D eigenvalue weighted by molar-refractivity contribution is 9.10. The van der Waals surface area contributed by atoms with Crippen molar-refractivity contribution in [1.82, 2.24) is 4.72 Å². The highest BCUT2D eigenvalue weighted by atomic mass is 79.9. The molecule has 4 rings (SSSR count). The molecular formula is C23H21BrN2O3S. The minimum absolute atomic E-state index is 0.0983. The molecule has 0 fully saturated rings. The Balaban J connectivity index is 1.76. The van der Waals surface area contributed by atoms with Crippen LogP contribution in [0.3, 0.4) is 0 Å². The van der Waals surface area contributed by atoms with E-state index in [1.54, 1.807) is 17.0 Å². The molecule has 30 heavy (non-hydrogen) atoms. The maximum atomic E-state index is 13.4. The van der Waals surface area contributed by atoms with E-state index < -0.39 is 16.1 Å². The van der Waals surface area contributed by atoms with Crippen molar-refractivity contribution >= 4 is 37.5 Å². The molecule has 1 aliphatic rings. The van der Waals surface area contributed by atoms with Gasteiger partial charge in [-0.1, -0.05) is 60.7 Å². The van der Waals surface area contributed by atoms with Gasteiger partial charge in [0, 0.05) is 23.6 Å². The molecule has 1 N–H and O–H groups in total. The Bertz CT molecular complexity index is 1140. The molecule has 0 saturated heterocycles. The van der Waals surface area contributed by atoms with Gasteiger partial charge in [0.05, 0.1) is 10.9 Å². The van der Waals surface area contributed by atoms with Gasteiger partial charge in [0.15, 0.2) is 0 Å². The fraction of sp³-hybridized carbons (Fsp3) is 0.174. The molecule has 3 aromatic rings. The highest BCUT2D eigenvalue weighted by Crippen LogP contribution is 2.36. The standard InChI is InChI=1S/C23H21BrN2O3S/c1-16(27)26-13-12-19-14-20(24)22(15-21(19)26)30(28,29)25-23(17-8-4-2-5-9-17)18-10-6-3-7-11-18/h2-11,14-15,23,25H,12-13H2,1H3. The summed E-state index contributed by atoms with van der Waals surface area (Å²) in [6.45, 7) is 2.05. The Morgan fingerprint density at radius 3 is 2.10 bits per heavy atom. The highest BCUT2D eigenvalue weighted by Gasteiger charge is 2.29. The number of fused-ring (bicyclic) bond motifs is 1. The molecule has 0 bridgehead atoms. The van der Waals surface area contributed by atoms with Gasteiger partial charge in [0.1, 0.15) is 0 Å². The van der Waals surface area contributed by atoms with Gasteiger partial charge in [0.25, 0.3) is 0 Å². The molecular weight excluding hydrogens is 464 g/mol. The van der Waals surface area contributed by atoms with Gasteiger partial charge in [-0.15, -0.1) is 0 Å². The number of rotatable bonds is 5. The van der Waals surface area contributed by atoms with E-state index in [1.165, 1.54) is 6.92 Å². The monoisotopic (exact) mass is 484 g/mol. The number of carbonyl (C=O) groups excluding carboxylic acids is 1. The van der Waals surface area contributed by atoms with Crippen molar-refractivity contribution in [3.05, 3.63) is 94.0 Å². The van der Waals surface area contributed by atoms with Crippen LogP contribution < -0.4 is 9.62 Å². The van der Waals surface area contributed by atoms with Crippen LogP contribution in [-0.2, 0) is 21.2 Å². The van der Waals surface area contributed by atoms with Crippen molar-refractivity contribution in [3.8, 4) is 0 Å². The summed E-state index contributed by atoms with van der Waals surface area (Å²) in [5.41, 5.74) is 3.30. The first-order valence-corrected chi connectivity index (χ1v) is 11.9. The maximum Gasteiger partial charge on any atom is 0.242 e. The third-order valence-corrected chi connectivity index (χ3v) is 7.62. The van der Waals surface area contributed by atoms with Gasteiger partial charge < -0.3 is 4.90 Å². The molecule has 0 aliphatic carbocycles. The predicted molar refractivity (Wildman–Crippen MR) is 121 cm³/mol. The molecule has 0 unspecified atom stereocenters. The average molecular weight is 485 g/mol. The van der Waals surface area contributed by atoms with Gasteiger partial charge in [-0.2, -0.15) is 4.72 Å². The fourth-order valence-electron chi connectivity index (χ4n) is 3.76. The van der Waals surface area contributed by atoms with Crippen LogP contribution in [0.2, 0.25) is 0 Å². The van der Waals surface area contributed by atoms with Crippen LogP contribution >= 0.6 is 15.9 Å². The summed E-state index contributed by atoms with van der Waals surface area (Å²) in [6, 6.07) is 21.8. The van der Waals surface area contributed by atoms with Crippen molar-refractivity contribution < 1.29 is 13.2 Å². The predicted octanol–water partition coefficient (Wildman–Crippen LogP) is 4.43.